The average Bonchev–Trinajstić information content (AvgIpc) is 3.68. The molecule has 1 aromatic carbocycles. The molecule has 12 heteroatoms. The highest BCUT2D eigenvalue weighted by Gasteiger charge is 2.31. The van der Waals surface area contributed by atoms with Crippen LogP contribution in [0.15, 0.2) is 30.3 Å². The smallest absolute Gasteiger partial charge is 0.246 e. The predicted molar refractivity (Wildman–Crippen MR) is 144 cm³/mol. The SMILES string of the molecule is C=CC(=O)N1CC[C@H](n2nc(C#Cc3c(F)c(OC)cc(OC)c3F)c3c(N)ncc(-c4nc(C)cs4)c32)C1. The fraction of sp³-hybridized carbons (Fsp3) is 0.259. The molecule has 2 N–H and O–H groups in total. The Morgan fingerprint density at radius 3 is 2.59 bits per heavy atom. The quantitative estimate of drug-likeness (QED) is 0.294. The maximum atomic E-state index is 15.0. The lowest BCUT2D eigenvalue weighted by Crippen LogP contribution is -2.27. The van der Waals surface area contributed by atoms with Crippen molar-refractivity contribution in [1.82, 2.24) is 24.6 Å². The van der Waals surface area contributed by atoms with Crippen LogP contribution in [-0.4, -0.2) is 57.9 Å². The van der Waals surface area contributed by atoms with Crippen LogP contribution in [0, 0.1) is 30.4 Å². The summed E-state index contributed by atoms with van der Waals surface area (Å²) in [6.07, 6.45) is 3.52. The zero-order chi connectivity index (χ0) is 27.8. The number of thiazole rings is 1. The van der Waals surface area contributed by atoms with Gasteiger partial charge in [-0.2, -0.15) is 5.10 Å². The number of nitrogen functional groups attached to an aromatic ring is 1. The second-order valence-corrected chi connectivity index (χ2v) is 9.69. The summed E-state index contributed by atoms with van der Waals surface area (Å²) in [6.45, 7) is 6.37. The molecule has 0 radical (unpaired) electrons. The second-order valence-electron chi connectivity index (χ2n) is 8.83. The number of aromatic nitrogens is 4. The lowest BCUT2D eigenvalue weighted by Gasteiger charge is -2.16. The molecule has 0 spiro atoms. The fourth-order valence-electron chi connectivity index (χ4n) is 4.57. The fourth-order valence-corrected chi connectivity index (χ4v) is 5.38. The number of ether oxygens (including phenoxy) is 2. The van der Waals surface area contributed by atoms with Gasteiger partial charge in [-0.25, -0.2) is 18.7 Å². The normalized spacial score (nSPS) is 14.8. The molecule has 9 nitrogen and oxygen atoms in total. The van der Waals surface area contributed by atoms with Crippen LogP contribution >= 0.6 is 11.3 Å². The van der Waals surface area contributed by atoms with Crippen molar-refractivity contribution in [3.63, 3.8) is 0 Å². The molecule has 1 aliphatic heterocycles. The van der Waals surface area contributed by atoms with Crippen molar-refractivity contribution in [2.24, 2.45) is 0 Å². The standard InChI is InChI=1S/C27H24F2N6O3S/c1-5-21(36)34-9-8-15(12-34)35-25-17(27-32-14(2)13-39-27)11-31-26(30)22(25)18(33-35)7-6-16-23(28)19(37-3)10-20(38-4)24(16)29/h5,10-11,13,15H,1,8-9,12H2,2-4H3,(H2,30,31)/t15-/m0/s1. The van der Waals surface area contributed by atoms with Gasteiger partial charge in [0.2, 0.25) is 5.91 Å². The van der Waals surface area contributed by atoms with E-state index in [1.165, 1.54) is 31.6 Å². The Morgan fingerprint density at radius 1 is 1.26 bits per heavy atom. The number of halogens is 2. The van der Waals surface area contributed by atoms with Crippen LogP contribution in [0.1, 0.15) is 29.4 Å². The molecule has 1 aliphatic rings. The number of rotatable bonds is 5. The lowest BCUT2D eigenvalue weighted by molar-refractivity contribution is -0.125. The Bertz CT molecular complexity index is 1660. The van der Waals surface area contributed by atoms with Crippen molar-refractivity contribution < 1.29 is 23.0 Å². The van der Waals surface area contributed by atoms with E-state index in [-0.39, 0.29) is 35.0 Å². The van der Waals surface area contributed by atoms with Crippen LogP contribution in [0.4, 0.5) is 14.6 Å². The van der Waals surface area contributed by atoms with E-state index >= 15 is 0 Å². The Labute approximate surface area is 226 Å². The van der Waals surface area contributed by atoms with E-state index in [0.717, 1.165) is 11.8 Å². The lowest BCUT2D eigenvalue weighted by atomic mass is 10.1. The van der Waals surface area contributed by atoms with Gasteiger partial charge in [0.1, 0.15) is 22.1 Å². The van der Waals surface area contributed by atoms with E-state index in [1.54, 1.807) is 15.8 Å². The first-order valence-electron chi connectivity index (χ1n) is 11.9. The highest BCUT2D eigenvalue weighted by Crippen LogP contribution is 2.37. The number of benzene rings is 1. The molecule has 1 atom stereocenters. The minimum atomic E-state index is -0.966. The second kappa shape index (κ2) is 10.3. The third-order valence-corrected chi connectivity index (χ3v) is 7.47. The van der Waals surface area contributed by atoms with Gasteiger partial charge in [0.25, 0.3) is 0 Å². The summed E-state index contributed by atoms with van der Waals surface area (Å²) >= 11 is 1.44. The number of amides is 1. The van der Waals surface area contributed by atoms with Crippen LogP contribution in [-0.2, 0) is 4.79 Å². The number of aryl methyl sites for hydroxylation is 1. The minimum absolute atomic E-state index is 0.152. The van der Waals surface area contributed by atoms with Gasteiger partial charge in [-0.1, -0.05) is 12.5 Å². The summed E-state index contributed by atoms with van der Waals surface area (Å²) in [7, 11) is 2.52. The van der Waals surface area contributed by atoms with Gasteiger partial charge in [-0.05, 0) is 25.3 Å². The number of pyridine rings is 1. The van der Waals surface area contributed by atoms with Crippen LogP contribution < -0.4 is 15.2 Å². The molecule has 0 unspecified atom stereocenters. The molecule has 4 aromatic rings. The van der Waals surface area contributed by atoms with Crippen molar-refractivity contribution in [2.75, 3.05) is 33.0 Å². The number of carbonyl (C=O) groups is 1. The van der Waals surface area contributed by atoms with Gasteiger partial charge >= 0.3 is 0 Å². The number of nitrogens with two attached hydrogens (primary N) is 1. The maximum Gasteiger partial charge on any atom is 0.246 e. The van der Waals surface area contributed by atoms with E-state index < -0.39 is 17.2 Å². The van der Waals surface area contributed by atoms with E-state index in [4.69, 9.17) is 20.3 Å². The number of hydrogen-bond donors (Lipinski definition) is 1. The molecule has 4 heterocycles. The minimum Gasteiger partial charge on any atom is -0.493 e. The molecule has 0 aliphatic carbocycles. The van der Waals surface area contributed by atoms with Crippen LogP contribution in [0.2, 0.25) is 0 Å². The maximum absolute atomic E-state index is 15.0. The molecule has 39 heavy (non-hydrogen) atoms. The summed E-state index contributed by atoms with van der Waals surface area (Å²) in [4.78, 5) is 22.9. The van der Waals surface area contributed by atoms with E-state index in [1.807, 2.05) is 12.3 Å². The number of nitrogens with zero attached hydrogens (tertiary/aromatic N) is 5. The van der Waals surface area contributed by atoms with Gasteiger partial charge in [0, 0.05) is 36.4 Å². The van der Waals surface area contributed by atoms with Gasteiger partial charge in [0.15, 0.2) is 23.1 Å². The van der Waals surface area contributed by atoms with Crippen molar-refractivity contribution >= 4 is 34.0 Å². The first-order chi connectivity index (χ1) is 18.8. The molecule has 1 amide bonds. The molecule has 1 fully saturated rings. The van der Waals surface area contributed by atoms with Crippen molar-refractivity contribution in [3.05, 3.63) is 58.9 Å². The number of fused-ring (bicyclic) bond motifs is 1. The first kappa shape index (κ1) is 26.1. The predicted octanol–water partition coefficient (Wildman–Crippen LogP) is 4.10. The third kappa shape index (κ3) is 4.55. The summed E-state index contributed by atoms with van der Waals surface area (Å²) in [5, 5.41) is 7.78. The molecule has 200 valence electrons. The first-order valence-corrected chi connectivity index (χ1v) is 12.8. The zero-order valence-corrected chi connectivity index (χ0v) is 22.2. The summed E-state index contributed by atoms with van der Waals surface area (Å²) in [5.74, 6) is 2.97. The summed E-state index contributed by atoms with van der Waals surface area (Å²) in [6, 6.07) is 0.902. The highest BCUT2D eigenvalue weighted by atomic mass is 32.1. The highest BCUT2D eigenvalue weighted by molar-refractivity contribution is 7.13. The third-order valence-electron chi connectivity index (χ3n) is 6.48. The number of likely N-dealkylation sites (tertiary alicyclic amines) is 1. The number of anilines is 1. The van der Waals surface area contributed by atoms with Gasteiger partial charge in [-0.15, -0.1) is 11.3 Å². The van der Waals surface area contributed by atoms with Crippen molar-refractivity contribution in [1.29, 1.82) is 0 Å². The average molecular weight is 551 g/mol. The molecule has 1 saturated heterocycles. The van der Waals surface area contributed by atoms with Crippen LogP contribution in [0.25, 0.3) is 21.5 Å². The Kier molecular flexibility index (Phi) is 6.93. The number of methoxy groups -OCH3 is 2. The number of hydrogen-bond acceptors (Lipinski definition) is 8. The van der Waals surface area contributed by atoms with Gasteiger partial charge in [0.05, 0.1) is 36.7 Å². The van der Waals surface area contributed by atoms with E-state index in [0.29, 0.717) is 41.0 Å². The number of carbonyl (C=O) groups excluding carboxylic acids is 1. The Hall–Kier alpha value is -4.50. The van der Waals surface area contributed by atoms with E-state index in [2.05, 4.69) is 28.4 Å². The molecule has 3 aromatic heterocycles. The van der Waals surface area contributed by atoms with Gasteiger partial charge < -0.3 is 20.1 Å². The molecular weight excluding hydrogens is 526 g/mol. The molecule has 5 rings (SSSR count). The molecule has 0 saturated carbocycles. The Balaban J connectivity index is 1.73. The van der Waals surface area contributed by atoms with Crippen molar-refractivity contribution in [2.45, 2.75) is 19.4 Å². The summed E-state index contributed by atoms with van der Waals surface area (Å²) < 4.78 is 41.8. The molecular formula is C27H24F2N6O3S. The Morgan fingerprint density at radius 2 is 1.97 bits per heavy atom. The van der Waals surface area contributed by atoms with Crippen molar-refractivity contribution in [3.8, 4) is 33.9 Å². The van der Waals surface area contributed by atoms with E-state index in [9.17, 15) is 13.6 Å². The zero-order valence-electron chi connectivity index (χ0n) is 21.4. The monoisotopic (exact) mass is 550 g/mol. The van der Waals surface area contributed by atoms with Crippen LogP contribution in [0.5, 0.6) is 11.5 Å². The molecule has 0 bridgehead atoms. The summed E-state index contributed by atoms with van der Waals surface area (Å²) in [5.41, 5.74) is 8.13. The topological polar surface area (TPSA) is 108 Å². The van der Waals surface area contributed by atoms with Crippen LogP contribution in [0.3, 0.4) is 0 Å². The van der Waals surface area contributed by atoms with Gasteiger partial charge in [-0.3, -0.25) is 9.48 Å². The largest absolute Gasteiger partial charge is 0.493 e.